The van der Waals surface area contributed by atoms with Gasteiger partial charge >= 0.3 is 0 Å². The number of nitrogens with zero attached hydrogens (tertiary/aromatic N) is 1. The van der Waals surface area contributed by atoms with Gasteiger partial charge in [0.15, 0.2) is 9.84 Å². The third kappa shape index (κ3) is 2.43. The average molecular weight is 322 g/mol. The third-order valence-corrected chi connectivity index (χ3v) is 5.49. The minimum absolute atomic E-state index is 0.0831. The van der Waals surface area contributed by atoms with Gasteiger partial charge in [-0.3, -0.25) is 4.79 Å². The van der Waals surface area contributed by atoms with Crippen molar-refractivity contribution >= 4 is 33.0 Å². The number of benzene rings is 2. The van der Waals surface area contributed by atoms with Crippen molar-refractivity contribution in [2.45, 2.75) is 4.90 Å². The molecule has 0 fully saturated rings. The number of rotatable bonds is 1. The van der Waals surface area contributed by atoms with E-state index < -0.39 is 9.84 Å². The van der Waals surface area contributed by atoms with E-state index in [9.17, 15) is 13.2 Å². The number of fused-ring (bicyclic) bond motifs is 1. The van der Waals surface area contributed by atoms with Crippen LogP contribution in [-0.4, -0.2) is 26.6 Å². The summed E-state index contributed by atoms with van der Waals surface area (Å²) in [7, 11) is -3.33. The van der Waals surface area contributed by atoms with E-state index in [2.05, 4.69) is 0 Å². The average Bonchev–Trinajstić information content (AvgIpc) is 2.47. The molecule has 1 heterocycles. The van der Waals surface area contributed by atoms with Crippen molar-refractivity contribution in [1.82, 2.24) is 0 Å². The van der Waals surface area contributed by atoms with Crippen LogP contribution >= 0.6 is 11.6 Å². The van der Waals surface area contributed by atoms with Gasteiger partial charge in [-0.15, -0.1) is 0 Å². The molecule has 1 aliphatic rings. The highest BCUT2D eigenvalue weighted by molar-refractivity contribution is 7.91. The molecule has 0 saturated carbocycles. The number of carbonyl (C=O) groups is 1. The molecular weight excluding hydrogens is 310 g/mol. The number of halogens is 1. The quantitative estimate of drug-likeness (QED) is 0.811. The van der Waals surface area contributed by atoms with Gasteiger partial charge in [-0.1, -0.05) is 35.9 Å². The Morgan fingerprint density at radius 3 is 2.48 bits per heavy atom. The fraction of sp³-hybridized carbons (Fsp3) is 0.133. The van der Waals surface area contributed by atoms with Gasteiger partial charge in [0.1, 0.15) is 0 Å². The van der Waals surface area contributed by atoms with Crippen molar-refractivity contribution in [2.24, 2.45) is 0 Å². The number of anilines is 1. The standard InChI is InChI=1S/C15H12ClNO3S/c16-12-6-2-1-5-11(12)15(18)17-9-10-21(19,20)14-8-4-3-7-13(14)17/h1-8H,9-10H2. The first-order valence-corrected chi connectivity index (χ1v) is 8.42. The lowest BCUT2D eigenvalue weighted by atomic mass is 10.1. The van der Waals surface area contributed by atoms with Crippen molar-refractivity contribution in [1.29, 1.82) is 0 Å². The first kappa shape index (κ1) is 14.1. The molecule has 2 aromatic rings. The van der Waals surface area contributed by atoms with Crippen molar-refractivity contribution < 1.29 is 13.2 Å². The summed E-state index contributed by atoms with van der Waals surface area (Å²) in [6, 6.07) is 13.3. The van der Waals surface area contributed by atoms with Gasteiger partial charge < -0.3 is 4.90 Å². The number of amides is 1. The van der Waals surface area contributed by atoms with Crippen molar-refractivity contribution in [3.63, 3.8) is 0 Å². The summed E-state index contributed by atoms with van der Waals surface area (Å²) in [5.74, 6) is -0.372. The molecule has 1 amide bonds. The van der Waals surface area contributed by atoms with E-state index in [1.807, 2.05) is 0 Å². The second kappa shape index (κ2) is 5.16. The number of hydrogen-bond donors (Lipinski definition) is 0. The monoisotopic (exact) mass is 321 g/mol. The van der Waals surface area contributed by atoms with Crippen molar-refractivity contribution in [2.75, 3.05) is 17.2 Å². The summed E-state index contributed by atoms with van der Waals surface area (Å²) in [6.45, 7) is 0.128. The molecule has 1 aliphatic heterocycles. The van der Waals surface area contributed by atoms with Gasteiger partial charge in [-0.05, 0) is 24.3 Å². The maximum absolute atomic E-state index is 12.6. The van der Waals surface area contributed by atoms with Gasteiger partial charge in [-0.25, -0.2) is 8.42 Å². The molecule has 0 unspecified atom stereocenters. The summed E-state index contributed by atoms with van der Waals surface area (Å²) >= 11 is 6.06. The van der Waals surface area contributed by atoms with Crippen molar-refractivity contribution in [3.05, 3.63) is 59.1 Å². The Kier molecular flexibility index (Phi) is 3.47. The fourth-order valence-corrected chi connectivity index (χ4v) is 4.02. The van der Waals surface area contributed by atoms with Crippen LogP contribution in [0.5, 0.6) is 0 Å². The lowest BCUT2D eigenvalue weighted by Crippen LogP contribution is -2.39. The zero-order valence-corrected chi connectivity index (χ0v) is 12.6. The van der Waals surface area contributed by atoms with Gasteiger partial charge in [0.05, 0.1) is 26.9 Å². The Hall–Kier alpha value is -1.85. The predicted octanol–water partition coefficient (Wildman–Crippen LogP) is 2.77. The molecule has 0 spiro atoms. The van der Waals surface area contributed by atoms with Gasteiger partial charge in [0.25, 0.3) is 5.91 Å². The SMILES string of the molecule is O=C(c1ccccc1Cl)N1CCS(=O)(=O)c2ccccc21. The summed E-state index contributed by atoms with van der Waals surface area (Å²) in [4.78, 5) is 14.3. The van der Waals surface area contributed by atoms with Crippen LogP contribution in [0, 0.1) is 0 Å². The highest BCUT2D eigenvalue weighted by atomic mass is 35.5. The molecule has 4 nitrogen and oxygen atoms in total. The van der Waals surface area contributed by atoms with E-state index in [0.29, 0.717) is 16.3 Å². The molecule has 0 aromatic heterocycles. The molecule has 6 heteroatoms. The Balaban J connectivity index is 2.09. The number of para-hydroxylation sites is 1. The maximum Gasteiger partial charge on any atom is 0.259 e. The van der Waals surface area contributed by atoms with Crippen LogP contribution < -0.4 is 4.90 Å². The first-order chi connectivity index (χ1) is 10.0. The summed E-state index contributed by atoms with van der Waals surface area (Å²) in [5, 5.41) is 0.355. The zero-order chi connectivity index (χ0) is 15.0. The van der Waals surface area contributed by atoms with Crippen LogP contribution in [0.1, 0.15) is 10.4 Å². The van der Waals surface area contributed by atoms with Crippen LogP contribution in [0.3, 0.4) is 0 Å². The molecule has 3 rings (SSSR count). The van der Waals surface area contributed by atoms with Crippen LogP contribution in [0.4, 0.5) is 5.69 Å². The summed E-state index contributed by atoms with van der Waals surface area (Å²) in [6.07, 6.45) is 0. The first-order valence-electron chi connectivity index (χ1n) is 6.39. The summed E-state index contributed by atoms with van der Waals surface area (Å²) in [5.41, 5.74) is 0.780. The zero-order valence-electron chi connectivity index (χ0n) is 11.0. The molecular formula is C15H12ClNO3S. The Labute approximate surface area is 127 Å². The predicted molar refractivity (Wildman–Crippen MR) is 81.6 cm³/mol. The molecule has 0 radical (unpaired) electrons. The fourth-order valence-electron chi connectivity index (χ4n) is 2.38. The Morgan fingerprint density at radius 2 is 1.71 bits per heavy atom. The minimum atomic E-state index is -3.33. The molecule has 0 bridgehead atoms. The van der Waals surface area contributed by atoms with Crippen LogP contribution in [-0.2, 0) is 9.84 Å². The van der Waals surface area contributed by atoms with E-state index in [-0.39, 0.29) is 23.1 Å². The number of hydrogen-bond acceptors (Lipinski definition) is 3. The van der Waals surface area contributed by atoms with E-state index in [1.165, 1.54) is 11.0 Å². The lowest BCUT2D eigenvalue weighted by Gasteiger charge is -2.29. The largest absolute Gasteiger partial charge is 0.306 e. The highest BCUT2D eigenvalue weighted by Crippen LogP contribution is 2.32. The van der Waals surface area contributed by atoms with Crippen LogP contribution in [0.25, 0.3) is 0 Å². The third-order valence-electron chi connectivity index (χ3n) is 3.42. The Morgan fingerprint density at radius 1 is 1.05 bits per heavy atom. The number of carbonyl (C=O) groups excluding carboxylic acids is 1. The summed E-state index contributed by atoms with van der Waals surface area (Å²) < 4.78 is 24.2. The molecule has 0 N–H and O–H groups in total. The molecule has 0 aliphatic carbocycles. The maximum atomic E-state index is 12.6. The van der Waals surface area contributed by atoms with E-state index in [4.69, 9.17) is 11.6 Å². The second-order valence-corrected chi connectivity index (χ2v) is 7.21. The van der Waals surface area contributed by atoms with Gasteiger partial charge in [0, 0.05) is 6.54 Å². The molecule has 2 aromatic carbocycles. The topological polar surface area (TPSA) is 54.5 Å². The molecule has 0 saturated heterocycles. The van der Waals surface area contributed by atoms with Crippen LogP contribution in [0.2, 0.25) is 5.02 Å². The van der Waals surface area contributed by atoms with E-state index >= 15 is 0 Å². The highest BCUT2D eigenvalue weighted by Gasteiger charge is 2.32. The Bertz CT molecular complexity index is 817. The molecule has 0 atom stereocenters. The smallest absolute Gasteiger partial charge is 0.259 e. The second-order valence-electron chi connectivity index (χ2n) is 4.72. The van der Waals surface area contributed by atoms with Crippen LogP contribution in [0.15, 0.2) is 53.4 Å². The van der Waals surface area contributed by atoms with Crippen molar-refractivity contribution in [3.8, 4) is 0 Å². The molecule has 108 valence electrons. The van der Waals surface area contributed by atoms with E-state index in [1.54, 1.807) is 42.5 Å². The van der Waals surface area contributed by atoms with Gasteiger partial charge in [0.2, 0.25) is 0 Å². The lowest BCUT2D eigenvalue weighted by molar-refractivity contribution is 0.0987. The number of sulfone groups is 1. The van der Waals surface area contributed by atoms with E-state index in [0.717, 1.165) is 0 Å². The van der Waals surface area contributed by atoms with Gasteiger partial charge in [-0.2, -0.15) is 0 Å². The normalized spacial score (nSPS) is 16.3. The molecule has 21 heavy (non-hydrogen) atoms. The minimum Gasteiger partial charge on any atom is -0.306 e.